The second-order valence-electron chi connectivity index (χ2n) is 6.70. The molecule has 1 aromatic rings. The van der Waals surface area contributed by atoms with Crippen LogP contribution in [-0.2, 0) is 12.8 Å². The molecule has 0 spiro atoms. The van der Waals surface area contributed by atoms with Gasteiger partial charge in [0.2, 0.25) is 0 Å². The van der Waals surface area contributed by atoms with Crippen molar-refractivity contribution < 1.29 is 4.74 Å². The molecule has 0 radical (unpaired) electrons. The van der Waals surface area contributed by atoms with Gasteiger partial charge in [-0.2, -0.15) is 0 Å². The van der Waals surface area contributed by atoms with E-state index in [0.29, 0.717) is 6.04 Å². The van der Waals surface area contributed by atoms with Crippen LogP contribution < -0.4 is 15.4 Å². The molecule has 140 valence electrons. The van der Waals surface area contributed by atoms with Crippen LogP contribution in [0.4, 0.5) is 0 Å². The van der Waals surface area contributed by atoms with Crippen molar-refractivity contribution >= 4 is 5.96 Å². The number of aliphatic imine (C=N–C) groups is 1. The van der Waals surface area contributed by atoms with Crippen LogP contribution in [0.3, 0.4) is 0 Å². The van der Waals surface area contributed by atoms with Gasteiger partial charge in [-0.05, 0) is 50.9 Å². The van der Waals surface area contributed by atoms with Gasteiger partial charge in [0, 0.05) is 32.1 Å². The van der Waals surface area contributed by atoms with E-state index in [4.69, 9.17) is 9.73 Å². The second-order valence-corrected chi connectivity index (χ2v) is 6.70. The Morgan fingerprint density at radius 3 is 2.84 bits per heavy atom. The summed E-state index contributed by atoms with van der Waals surface area (Å²) in [6.45, 7) is 14.2. The highest BCUT2D eigenvalue weighted by Crippen LogP contribution is 2.25. The van der Waals surface area contributed by atoms with Gasteiger partial charge in [-0.25, -0.2) is 0 Å². The molecule has 0 atom stereocenters. The number of guanidine groups is 1. The summed E-state index contributed by atoms with van der Waals surface area (Å²) in [5.74, 6) is 1.96. The Balaban J connectivity index is 1.79. The molecular formula is C20H34N4O. The Morgan fingerprint density at radius 1 is 1.28 bits per heavy atom. The molecule has 0 saturated carbocycles. The molecule has 0 aliphatic carbocycles. The lowest BCUT2D eigenvalue weighted by Crippen LogP contribution is -2.39. The summed E-state index contributed by atoms with van der Waals surface area (Å²) in [5, 5.41) is 6.78. The quantitative estimate of drug-likeness (QED) is 0.533. The molecule has 0 bridgehead atoms. The minimum absolute atomic E-state index is 0.569. The fraction of sp³-hybridized carbons (Fsp3) is 0.650. The Kier molecular flexibility index (Phi) is 8.06. The predicted molar refractivity (Wildman–Crippen MR) is 106 cm³/mol. The van der Waals surface area contributed by atoms with Crippen molar-refractivity contribution in [2.45, 2.75) is 46.6 Å². The molecule has 1 heterocycles. The van der Waals surface area contributed by atoms with Crippen molar-refractivity contribution in [1.82, 2.24) is 15.5 Å². The Hall–Kier alpha value is -1.75. The topological polar surface area (TPSA) is 48.9 Å². The van der Waals surface area contributed by atoms with E-state index in [2.05, 4.69) is 61.4 Å². The minimum atomic E-state index is 0.569. The fourth-order valence-corrected chi connectivity index (χ4v) is 3.13. The van der Waals surface area contributed by atoms with Crippen molar-refractivity contribution in [3.8, 4) is 5.75 Å². The van der Waals surface area contributed by atoms with Gasteiger partial charge < -0.3 is 15.4 Å². The lowest BCUT2D eigenvalue weighted by atomic mass is 10.1. The van der Waals surface area contributed by atoms with Crippen LogP contribution in [0, 0.1) is 0 Å². The third-order valence-corrected chi connectivity index (χ3v) is 4.60. The second kappa shape index (κ2) is 10.3. The number of likely N-dealkylation sites (N-methyl/N-ethyl adjacent to an activating group) is 1. The number of nitrogens with one attached hydrogen (secondary N) is 2. The number of ether oxygens (including phenoxy) is 1. The first kappa shape index (κ1) is 19.6. The molecule has 1 aliphatic rings. The SMILES string of the molecule is CCNC(=NCCN(CC)C(C)C)NCCc1ccc2c(c1)CCO2. The smallest absolute Gasteiger partial charge is 0.191 e. The van der Waals surface area contributed by atoms with Crippen molar-refractivity contribution in [3.63, 3.8) is 0 Å². The van der Waals surface area contributed by atoms with E-state index in [9.17, 15) is 0 Å². The van der Waals surface area contributed by atoms with E-state index in [-0.39, 0.29) is 0 Å². The molecule has 0 fully saturated rings. The zero-order valence-electron chi connectivity index (χ0n) is 16.3. The third-order valence-electron chi connectivity index (χ3n) is 4.60. The van der Waals surface area contributed by atoms with Crippen LogP contribution in [0.15, 0.2) is 23.2 Å². The highest BCUT2D eigenvalue weighted by atomic mass is 16.5. The summed E-state index contributed by atoms with van der Waals surface area (Å²) >= 11 is 0. The van der Waals surface area contributed by atoms with Crippen molar-refractivity contribution in [1.29, 1.82) is 0 Å². The summed E-state index contributed by atoms with van der Waals surface area (Å²) in [4.78, 5) is 7.14. The van der Waals surface area contributed by atoms with E-state index in [0.717, 1.165) is 63.9 Å². The van der Waals surface area contributed by atoms with Gasteiger partial charge >= 0.3 is 0 Å². The summed E-state index contributed by atoms with van der Waals surface area (Å²) in [6, 6.07) is 7.11. The first-order valence-electron chi connectivity index (χ1n) is 9.64. The van der Waals surface area contributed by atoms with Crippen LogP contribution in [0.2, 0.25) is 0 Å². The molecule has 0 aromatic heterocycles. The van der Waals surface area contributed by atoms with Crippen molar-refractivity contribution in [3.05, 3.63) is 29.3 Å². The first-order valence-corrected chi connectivity index (χ1v) is 9.64. The number of nitrogens with zero attached hydrogens (tertiary/aromatic N) is 2. The van der Waals surface area contributed by atoms with Crippen LogP contribution in [0.5, 0.6) is 5.75 Å². The highest BCUT2D eigenvalue weighted by Gasteiger charge is 2.11. The number of rotatable bonds is 9. The van der Waals surface area contributed by atoms with Crippen LogP contribution >= 0.6 is 0 Å². The number of benzene rings is 1. The number of fused-ring (bicyclic) bond motifs is 1. The molecule has 1 aromatic carbocycles. The maximum Gasteiger partial charge on any atom is 0.191 e. The van der Waals surface area contributed by atoms with Gasteiger partial charge in [-0.15, -0.1) is 0 Å². The average Bonchev–Trinajstić information content (AvgIpc) is 3.06. The third kappa shape index (κ3) is 6.24. The van der Waals surface area contributed by atoms with Crippen LogP contribution in [0.1, 0.15) is 38.8 Å². The molecule has 5 heteroatoms. The maximum absolute atomic E-state index is 5.57. The van der Waals surface area contributed by atoms with Gasteiger partial charge in [0.05, 0.1) is 13.2 Å². The van der Waals surface area contributed by atoms with Gasteiger partial charge in [0.15, 0.2) is 5.96 Å². The van der Waals surface area contributed by atoms with E-state index in [1.165, 1.54) is 11.1 Å². The summed E-state index contributed by atoms with van der Waals surface area (Å²) in [5.41, 5.74) is 2.69. The zero-order valence-corrected chi connectivity index (χ0v) is 16.3. The molecular weight excluding hydrogens is 312 g/mol. The zero-order chi connectivity index (χ0) is 18.1. The molecule has 0 saturated heterocycles. The average molecular weight is 347 g/mol. The Labute approximate surface area is 152 Å². The van der Waals surface area contributed by atoms with Gasteiger partial charge in [-0.1, -0.05) is 19.1 Å². The lowest BCUT2D eigenvalue weighted by Gasteiger charge is -2.23. The Morgan fingerprint density at radius 2 is 2.12 bits per heavy atom. The summed E-state index contributed by atoms with van der Waals surface area (Å²) < 4.78 is 5.57. The summed E-state index contributed by atoms with van der Waals surface area (Å²) in [6.07, 6.45) is 2.02. The molecule has 5 nitrogen and oxygen atoms in total. The molecule has 25 heavy (non-hydrogen) atoms. The highest BCUT2D eigenvalue weighted by molar-refractivity contribution is 5.79. The number of hydrogen-bond donors (Lipinski definition) is 2. The normalized spacial score (nSPS) is 13.9. The molecule has 2 N–H and O–H groups in total. The van der Waals surface area contributed by atoms with Crippen LogP contribution in [-0.4, -0.2) is 56.2 Å². The minimum Gasteiger partial charge on any atom is -0.493 e. The van der Waals surface area contributed by atoms with Crippen molar-refractivity contribution in [2.24, 2.45) is 4.99 Å². The van der Waals surface area contributed by atoms with Gasteiger partial charge in [0.25, 0.3) is 0 Å². The standard InChI is InChI=1S/C20H34N4O/c1-5-21-20(23-12-13-24(6-2)16(3)4)22-11-9-17-7-8-19-18(15-17)10-14-25-19/h7-8,15-16H,5-6,9-14H2,1-4H3,(H2,21,22,23). The monoisotopic (exact) mass is 346 g/mol. The lowest BCUT2D eigenvalue weighted by molar-refractivity contribution is 0.240. The molecule has 2 rings (SSSR count). The first-order chi connectivity index (χ1) is 12.1. The van der Waals surface area contributed by atoms with Crippen molar-refractivity contribution in [2.75, 3.05) is 39.3 Å². The maximum atomic E-state index is 5.57. The van der Waals surface area contributed by atoms with Gasteiger partial charge in [0.1, 0.15) is 5.75 Å². The van der Waals surface area contributed by atoms with E-state index in [1.54, 1.807) is 0 Å². The summed E-state index contributed by atoms with van der Waals surface area (Å²) in [7, 11) is 0. The Bertz CT molecular complexity index is 557. The largest absolute Gasteiger partial charge is 0.493 e. The fourth-order valence-electron chi connectivity index (χ4n) is 3.13. The van der Waals surface area contributed by atoms with Crippen LogP contribution in [0.25, 0.3) is 0 Å². The molecule has 1 aliphatic heterocycles. The van der Waals surface area contributed by atoms with E-state index < -0.39 is 0 Å². The molecule has 0 amide bonds. The van der Waals surface area contributed by atoms with Gasteiger partial charge in [-0.3, -0.25) is 9.89 Å². The van der Waals surface area contributed by atoms with E-state index in [1.807, 2.05) is 0 Å². The predicted octanol–water partition coefficient (Wildman–Crippen LogP) is 2.45. The number of hydrogen-bond acceptors (Lipinski definition) is 3. The van der Waals surface area contributed by atoms with E-state index >= 15 is 0 Å². The molecule has 0 unspecified atom stereocenters.